The number of imidazole rings is 1. The molecule has 4 aromatic rings. The van der Waals surface area contributed by atoms with E-state index in [1.807, 2.05) is 22.9 Å². The van der Waals surface area contributed by atoms with E-state index in [0.717, 1.165) is 11.3 Å². The van der Waals surface area contributed by atoms with Gasteiger partial charge in [0.25, 0.3) is 11.6 Å². The minimum Gasteiger partial charge on any atom is -0.486 e. The minimum absolute atomic E-state index is 0.107. The van der Waals surface area contributed by atoms with Gasteiger partial charge in [-0.15, -0.1) is 0 Å². The number of carbonyl (C=O) groups excluding carboxylic acids is 1. The van der Waals surface area contributed by atoms with Crippen molar-refractivity contribution in [2.24, 2.45) is 0 Å². The Bertz CT molecular complexity index is 1280. The molecule has 0 radical (unpaired) electrons. The summed E-state index contributed by atoms with van der Waals surface area (Å²) in [4.78, 5) is 32.2. The minimum atomic E-state index is -0.617. The lowest BCUT2D eigenvalue weighted by atomic mass is 10.1. The van der Waals surface area contributed by atoms with Gasteiger partial charge in [0.15, 0.2) is 11.5 Å². The van der Waals surface area contributed by atoms with Gasteiger partial charge in [-0.3, -0.25) is 19.3 Å². The molecular weight excluding hydrogens is 402 g/mol. The van der Waals surface area contributed by atoms with E-state index >= 15 is 0 Å². The van der Waals surface area contributed by atoms with Gasteiger partial charge in [-0.1, -0.05) is 12.1 Å². The molecule has 31 heavy (non-hydrogen) atoms. The maximum Gasteiger partial charge on any atom is 0.286 e. The molecule has 2 aromatic carbocycles. The highest BCUT2D eigenvalue weighted by molar-refractivity contribution is 6.07. The predicted molar refractivity (Wildman–Crippen MR) is 110 cm³/mol. The zero-order valence-corrected chi connectivity index (χ0v) is 16.0. The number of anilines is 1. The van der Waals surface area contributed by atoms with Gasteiger partial charge >= 0.3 is 0 Å². The lowest BCUT2D eigenvalue weighted by Gasteiger charge is -2.18. The number of hydrogen-bond acceptors (Lipinski definition) is 7. The fourth-order valence-electron chi connectivity index (χ4n) is 3.30. The Hall–Kier alpha value is -4.47. The number of ether oxygens (including phenoxy) is 2. The van der Waals surface area contributed by atoms with Crippen LogP contribution in [-0.2, 0) is 0 Å². The highest BCUT2D eigenvalue weighted by Gasteiger charge is 2.26. The van der Waals surface area contributed by atoms with E-state index in [4.69, 9.17) is 9.47 Å². The first-order valence-corrected chi connectivity index (χ1v) is 9.38. The van der Waals surface area contributed by atoms with Gasteiger partial charge in [-0.2, -0.15) is 0 Å². The third-order valence-electron chi connectivity index (χ3n) is 4.78. The summed E-state index contributed by atoms with van der Waals surface area (Å²) in [5.41, 5.74) is 1.60. The Balaban J connectivity index is 1.40. The predicted octanol–water partition coefficient (Wildman–Crippen LogP) is 3.33. The van der Waals surface area contributed by atoms with E-state index in [-0.39, 0.29) is 17.0 Å². The summed E-state index contributed by atoms with van der Waals surface area (Å²) in [5, 5.41) is 14.1. The van der Waals surface area contributed by atoms with Crippen molar-refractivity contribution in [1.82, 2.24) is 14.4 Å². The summed E-state index contributed by atoms with van der Waals surface area (Å²) in [6, 6.07) is 11.4. The van der Waals surface area contributed by atoms with Crippen LogP contribution in [0.2, 0.25) is 0 Å². The normalized spacial score (nSPS) is 12.5. The molecule has 0 bridgehead atoms. The van der Waals surface area contributed by atoms with Crippen LogP contribution in [0.5, 0.6) is 11.5 Å². The van der Waals surface area contributed by atoms with E-state index < -0.39 is 10.8 Å². The molecule has 1 aliphatic rings. The summed E-state index contributed by atoms with van der Waals surface area (Å²) in [6.45, 7) is 0.607. The molecule has 10 heteroatoms. The van der Waals surface area contributed by atoms with Gasteiger partial charge < -0.3 is 14.8 Å². The molecular formula is C21H15N5O5. The molecule has 10 nitrogen and oxygen atoms in total. The van der Waals surface area contributed by atoms with E-state index in [0.29, 0.717) is 30.4 Å². The lowest BCUT2D eigenvalue weighted by molar-refractivity contribution is -0.385. The van der Waals surface area contributed by atoms with Crippen molar-refractivity contribution in [3.8, 4) is 22.8 Å². The van der Waals surface area contributed by atoms with Crippen molar-refractivity contribution >= 4 is 23.1 Å². The summed E-state index contributed by atoms with van der Waals surface area (Å²) >= 11 is 0. The SMILES string of the molecule is O=C(Nc1ccc(-c2cn3cccnc3n2)cc1)c1cc2c(cc1[N+](=O)[O-])OCCO2. The Kier molecular flexibility index (Phi) is 4.43. The number of benzene rings is 2. The Labute approximate surface area is 175 Å². The van der Waals surface area contributed by atoms with Crippen molar-refractivity contribution < 1.29 is 19.2 Å². The number of fused-ring (bicyclic) bond motifs is 2. The van der Waals surface area contributed by atoms with Crippen LogP contribution >= 0.6 is 0 Å². The molecule has 0 aliphatic carbocycles. The topological polar surface area (TPSA) is 121 Å². The first-order chi connectivity index (χ1) is 15.1. The number of nitro benzene ring substituents is 1. The van der Waals surface area contributed by atoms with Crippen LogP contribution < -0.4 is 14.8 Å². The fraction of sp³-hybridized carbons (Fsp3) is 0.0952. The molecule has 0 fully saturated rings. The summed E-state index contributed by atoms with van der Waals surface area (Å²) in [7, 11) is 0. The average molecular weight is 417 g/mol. The van der Waals surface area contributed by atoms with Gasteiger partial charge in [0.2, 0.25) is 5.78 Å². The van der Waals surface area contributed by atoms with Crippen LogP contribution in [0.4, 0.5) is 11.4 Å². The molecule has 5 rings (SSSR count). The number of nitrogens with one attached hydrogen (secondary N) is 1. The third kappa shape index (κ3) is 3.50. The molecule has 154 valence electrons. The largest absolute Gasteiger partial charge is 0.486 e. The molecule has 0 saturated heterocycles. The second-order valence-electron chi connectivity index (χ2n) is 6.75. The molecule has 0 atom stereocenters. The molecule has 0 unspecified atom stereocenters. The molecule has 0 saturated carbocycles. The molecule has 0 spiro atoms. The Morgan fingerprint density at radius 2 is 1.87 bits per heavy atom. The molecule has 3 heterocycles. The second-order valence-corrected chi connectivity index (χ2v) is 6.75. The van der Waals surface area contributed by atoms with Crippen LogP contribution in [0.1, 0.15) is 10.4 Å². The molecule has 2 aromatic heterocycles. The maximum atomic E-state index is 12.8. The quantitative estimate of drug-likeness (QED) is 0.399. The molecule has 1 amide bonds. The van der Waals surface area contributed by atoms with Crippen molar-refractivity contribution in [3.05, 3.63) is 76.7 Å². The van der Waals surface area contributed by atoms with Crippen molar-refractivity contribution in [1.29, 1.82) is 0 Å². The van der Waals surface area contributed by atoms with E-state index in [9.17, 15) is 14.9 Å². The smallest absolute Gasteiger partial charge is 0.286 e. The number of aromatic nitrogens is 3. The van der Waals surface area contributed by atoms with Crippen LogP contribution in [-0.4, -0.2) is 38.4 Å². The van der Waals surface area contributed by atoms with Crippen LogP contribution in [0.25, 0.3) is 17.0 Å². The number of nitro groups is 1. The Morgan fingerprint density at radius 1 is 1.13 bits per heavy atom. The highest BCUT2D eigenvalue weighted by atomic mass is 16.6. The van der Waals surface area contributed by atoms with Gasteiger partial charge in [0, 0.05) is 35.9 Å². The standard InChI is InChI=1S/C21H15N5O5/c27-20(15-10-18-19(31-9-8-30-18)11-17(15)26(28)29)23-14-4-2-13(3-5-14)16-12-25-7-1-6-22-21(25)24-16/h1-7,10-12H,8-9H2,(H,23,27). The Morgan fingerprint density at radius 3 is 2.58 bits per heavy atom. The van der Waals surface area contributed by atoms with Gasteiger partial charge in [0.1, 0.15) is 18.8 Å². The summed E-state index contributed by atoms with van der Waals surface area (Å²) < 4.78 is 12.6. The summed E-state index contributed by atoms with van der Waals surface area (Å²) in [5.74, 6) is 0.521. The number of nitrogens with zero attached hydrogens (tertiary/aromatic N) is 4. The lowest BCUT2D eigenvalue weighted by Crippen LogP contribution is -2.18. The maximum absolute atomic E-state index is 12.8. The highest BCUT2D eigenvalue weighted by Crippen LogP contribution is 2.37. The van der Waals surface area contributed by atoms with Gasteiger partial charge in [0.05, 0.1) is 16.7 Å². The van der Waals surface area contributed by atoms with Crippen LogP contribution in [0.3, 0.4) is 0 Å². The van der Waals surface area contributed by atoms with Crippen molar-refractivity contribution in [2.45, 2.75) is 0 Å². The van der Waals surface area contributed by atoms with Crippen molar-refractivity contribution in [2.75, 3.05) is 18.5 Å². The molecule has 1 N–H and O–H groups in total. The number of amides is 1. The number of rotatable bonds is 4. The monoisotopic (exact) mass is 417 g/mol. The first-order valence-electron chi connectivity index (χ1n) is 9.38. The zero-order valence-electron chi connectivity index (χ0n) is 16.0. The number of hydrogen-bond donors (Lipinski definition) is 1. The van der Waals surface area contributed by atoms with Crippen molar-refractivity contribution in [3.63, 3.8) is 0 Å². The van der Waals surface area contributed by atoms with Crippen LogP contribution in [0, 0.1) is 10.1 Å². The van der Waals surface area contributed by atoms with Gasteiger partial charge in [-0.05, 0) is 18.2 Å². The van der Waals surface area contributed by atoms with E-state index in [1.54, 1.807) is 30.5 Å². The van der Waals surface area contributed by atoms with E-state index in [1.165, 1.54) is 12.1 Å². The third-order valence-corrected chi connectivity index (χ3v) is 4.78. The van der Waals surface area contributed by atoms with Gasteiger partial charge in [-0.25, -0.2) is 9.97 Å². The fourth-order valence-corrected chi connectivity index (χ4v) is 3.30. The number of carbonyl (C=O) groups is 1. The first kappa shape index (κ1) is 18.6. The average Bonchev–Trinajstić information content (AvgIpc) is 3.23. The molecule has 1 aliphatic heterocycles. The van der Waals surface area contributed by atoms with Crippen LogP contribution in [0.15, 0.2) is 61.1 Å². The zero-order chi connectivity index (χ0) is 21.4. The summed E-state index contributed by atoms with van der Waals surface area (Å²) in [6.07, 6.45) is 5.38. The second kappa shape index (κ2) is 7.41. The van der Waals surface area contributed by atoms with E-state index in [2.05, 4.69) is 15.3 Å².